The average molecular weight is 667 g/mol. The number of halogens is 1. The molecule has 2 fully saturated rings. The molecule has 5 aromatic rings. The van der Waals surface area contributed by atoms with Gasteiger partial charge in [0.25, 0.3) is 10.0 Å². The van der Waals surface area contributed by atoms with Crippen LogP contribution >= 0.6 is 22.9 Å². The normalized spacial score (nSPS) is 16.9. The van der Waals surface area contributed by atoms with Gasteiger partial charge in [0.15, 0.2) is 5.65 Å². The molecule has 0 bridgehead atoms. The Morgan fingerprint density at radius 1 is 1.02 bits per heavy atom. The monoisotopic (exact) mass is 666 g/mol. The summed E-state index contributed by atoms with van der Waals surface area (Å²) in [5.74, 6) is 0. The molecule has 10 nitrogen and oxygen atoms in total. The zero-order valence-corrected chi connectivity index (χ0v) is 27.7. The molecule has 236 valence electrons. The number of likely N-dealkylation sites (tertiary alicyclic amines) is 1. The molecule has 45 heavy (non-hydrogen) atoms. The summed E-state index contributed by atoms with van der Waals surface area (Å²) in [5.41, 5.74) is 2.62. The van der Waals surface area contributed by atoms with Crippen molar-refractivity contribution in [1.82, 2.24) is 28.6 Å². The molecule has 1 aliphatic heterocycles. The van der Waals surface area contributed by atoms with Gasteiger partial charge in [-0.3, -0.25) is 4.68 Å². The van der Waals surface area contributed by atoms with Crippen molar-refractivity contribution in [3.8, 4) is 21.7 Å². The number of thiazole rings is 1. The SMILES string of the molecule is COCOC1(c2ncc(-c3c(Cl)cnc4c3cc(-c3cnn(CCN5CCCC5)c3)n4S(=O)(=O)c3ccc(C)cc3)s2)CCC1. The minimum Gasteiger partial charge on any atom is -0.359 e. The smallest absolute Gasteiger partial charge is 0.269 e. The molecule has 1 saturated carbocycles. The van der Waals surface area contributed by atoms with Crippen molar-refractivity contribution in [2.45, 2.75) is 56.1 Å². The summed E-state index contributed by atoms with van der Waals surface area (Å²) < 4.78 is 43.2. The van der Waals surface area contributed by atoms with Crippen LogP contribution in [0.2, 0.25) is 5.02 Å². The molecule has 1 aromatic carbocycles. The molecule has 1 saturated heterocycles. The van der Waals surface area contributed by atoms with E-state index < -0.39 is 15.6 Å². The van der Waals surface area contributed by atoms with Gasteiger partial charge in [0.05, 0.1) is 33.2 Å². The standard InChI is InChI=1S/C32H35ClN6O4S2/c1-22-6-8-24(9-7-22)45(40,41)39-27(23-17-36-38(20-23)15-14-37-12-3-4-13-37)16-25-29(26(33)18-34-30(25)39)28-19-35-31(44-28)32(10-5-11-32)43-21-42-2/h6-9,16-20H,3-5,10-15,21H2,1-2H3. The predicted octanol–water partition coefficient (Wildman–Crippen LogP) is 6.32. The molecular formula is C32H35ClN6O4S2. The van der Waals surface area contributed by atoms with Gasteiger partial charge < -0.3 is 14.4 Å². The lowest BCUT2D eigenvalue weighted by molar-refractivity contribution is -0.171. The second-order valence-electron chi connectivity index (χ2n) is 11.8. The Bertz CT molecular complexity index is 1940. The Kier molecular flexibility index (Phi) is 8.30. The van der Waals surface area contributed by atoms with Crippen LogP contribution in [0.5, 0.6) is 0 Å². The number of rotatable bonds is 11. The molecule has 0 atom stereocenters. The van der Waals surface area contributed by atoms with Crippen molar-refractivity contribution in [3.05, 3.63) is 70.7 Å². The van der Waals surface area contributed by atoms with E-state index in [-0.39, 0.29) is 11.7 Å². The van der Waals surface area contributed by atoms with Crippen molar-refractivity contribution in [1.29, 1.82) is 0 Å². The fourth-order valence-electron chi connectivity index (χ4n) is 6.17. The number of nitrogens with zero attached hydrogens (tertiary/aromatic N) is 6. The van der Waals surface area contributed by atoms with Gasteiger partial charge in [0.1, 0.15) is 17.4 Å². The van der Waals surface area contributed by atoms with E-state index in [1.54, 1.807) is 43.8 Å². The molecule has 0 N–H and O–H groups in total. The zero-order chi connectivity index (χ0) is 31.2. The van der Waals surface area contributed by atoms with Crippen LogP contribution in [0.3, 0.4) is 0 Å². The van der Waals surface area contributed by atoms with Gasteiger partial charge >= 0.3 is 0 Å². The van der Waals surface area contributed by atoms with E-state index >= 15 is 0 Å². The van der Waals surface area contributed by atoms with E-state index in [1.807, 2.05) is 23.9 Å². The number of methoxy groups -OCH3 is 1. The molecule has 2 aliphatic rings. The van der Waals surface area contributed by atoms with Crippen LogP contribution in [-0.4, -0.2) is 70.6 Å². The third kappa shape index (κ3) is 5.61. The van der Waals surface area contributed by atoms with Crippen LogP contribution < -0.4 is 0 Å². The zero-order valence-electron chi connectivity index (χ0n) is 25.3. The van der Waals surface area contributed by atoms with E-state index in [9.17, 15) is 8.42 Å². The second kappa shape index (κ2) is 12.2. The molecular weight excluding hydrogens is 632 g/mol. The van der Waals surface area contributed by atoms with Crippen LogP contribution in [0.1, 0.15) is 42.7 Å². The minimum absolute atomic E-state index is 0.175. The van der Waals surface area contributed by atoms with Gasteiger partial charge in [0.2, 0.25) is 0 Å². The summed E-state index contributed by atoms with van der Waals surface area (Å²) in [6.45, 7) is 5.93. The summed E-state index contributed by atoms with van der Waals surface area (Å²) in [5, 5.41) is 6.49. The third-order valence-electron chi connectivity index (χ3n) is 8.83. The molecule has 1 aliphatic carbocycles. The lowest BCUT2D eigenvalue weighted by Crippen LogP contribution is -2.37. The van der Waals surface area contributed by atoms with E-state index in [4.69, 9.17) is 26.1 Å². The largest absolute Gasteiger partial charge is 0.359 e. The van der Waals surface area contributed by atoms with Crippen molar-refractivity contribution < 1.29 is 17.9 Å². The number of fused-ring (bicyclic) bond motifs is 1. The Morgan fingerprint density at radius 3 is 2.51 bits per heavy atom. The van der Waals surface area contributed by atoms with Gasteiger partial charge in [-0.05, 0) is 70.3 Å². The number of hydrogen-bond acceptors (Lipinski definition) is 9. The summed E-state index contributed by atoms with van der Waals surface area (Å²) in [4.78, 5) is 12.8. The van der Waals surface area contributed by atoms with Gasteiger partial charge in [-0.1, -0.05) is 29.3 Å². The fraction of sp³-hybridized carbons (Fsp3) is 0.406. The van der Waals surface area contributed by atoms with Crippen molar-refractivity contribution >= 4 is 44.0 Å². The molecule has 0 amide bonds. The summed E-state index contributed by atoms with van der Waals surface area (Å²) in [7, 11) is -2.44. The second-order valence-corrected chi connectivity index (χ2v) is 15.0. The Balaban J connectivity index is 1.35. The molecule has 4 aromatic heterocycles. The summed E-state index contributed by atoms with van der Waals surface area (Å²) >= 11 is 8.35. The van der Waals surface area contributed by atoms with Gasteiger partial charge in [-0.25, -0.2) is 22.4 Å². The van der Waals surface area contributed by atoms with Crippen LogP contribution in [-0.2, 0) is 31.6 Å². The van der Waals surface area contributed by atoms with Gasteiger partial charge in [-0.2, -0.15) is 5.10 Å². The topological polar surface area (TPSA) is 104 Å². The van der Waals surface area contributed by atoms with E-state index in [2.05, 4.69) is 15.0 Å². The highest BCUT2D eigenvalue weighted by Gasteiger charge is 2.43. The predicted molar refractivity (Wildman–Crippen MR) is 175 cm³/mol. The maximum atomic E-state index is 14.4. The van der Waals surface area contributed by atoms with E-state index in [0.29, 0.717) is 32.9 Å². The van der Waals surface area contributed by atoms with Crippen molar-refractivity contribution in [3.63, 3.8) is 0 Å². The average Bonchev–Trinajstić information content (AvgIpc) is 3.82. The highest BCUT2D eigenvalue weighted by Crippen LogP contribution is 2.49. The van der Waals surface area contributed by atoms with Gasteiger partial charge in [-0.15, -0.1) is 11.3 Å². The number of pyridine rings is 1. The number of ether oxygens (including phenoxy) is 2. The lowest BCUT2D eigenvalue weighted by atomic mass is 9.80. The molecule has 5 heterocycles. The number of benzene rings is 1. The summed E-state index contributed by atoms with van der Waals surface area (Å²) in [6.07, 6.45) is 12.2. The Hall–Kier alpha value is -3.13. The van der Waals surface area contributed by atoms with Crippen LogP contribution in [0.4, 0.5) is 0 Å². The van der Waals surface area contributed by atoms with Crippen LogP contribution in [0.15, 0.2) is 60.0 Å². The highest BCUT2D eigenvalue weighted by atomic mass is 35.5. The third-order valence-corrected chi connectivity index (χ3v) is 12.0. The summed E-state index contributed by atoms with van der Waals surface area (Å²) in [6, 6.07) is 8.71. The highest BCUT2D eigenvalue weighted by molar-refractivity contribution is 7.90. The number of aryl methyl sites for hydroxylation is 1. The van der Waals surface area contributed by atoms with Crippen molar-refractivity contribution in [2.75, 3.05) is 33.5 Å². The Labute approximate surface area is 271 Å². The fourth-order valence-corrected chi connectivity index (χ4v) is 9.15. The molecule has 0 radical (unpaired) electrons. The van der Waals surface area contributed by atoms with Crippen LogP contribution in [0.25, 0.3) is 32.7 Å². The first-order chi connectivity index (χ1) is 21.8. The Morgan fingerprint density at radius 2 is 1.80 bits per heavy atom. The van der Waals surface area contributed by atoms with E-state index in [0.717, 1.165) is 60.9 Å². The number of aromatic nitrogens is 5. The molecule has 13 heteroatoms. The maximum Gasteiger partial charge on any atom is 0.269 e. The maximum absolute atomic E-state index is 14.4. The first-order valence-electron chi connectivity index (χ1n) is 15.2. The molecule has 7 rings (SSSR count). The van der Waals surface area contributed by atoms with Crippen LogP contribution in [0, 0.1) is 6.92 Å². The minimum atomic E-state index is -4.05. The van der Waals surface area contributed by atoms with Gasteiger partial charge in [0, 0.05) is 48.8 Å². The number of hydrogen-bond donors (Lipinski definition) is 0. The lowest BCUT2D eigenvalue weighted by Gasteiger charge is -2.39. The van der Waals surface area contributed by atoms with Crippen molar-refractivity contribution in [2.24, 2.45) is 0 Å². The van der Waals surface area contributed by atoms with E-state index in [1.165, 1.54) is 34.3 Å². The first kappa shape index (κ1) is 30.5. The first-order valence-corrected chi connectivity index (χ1v) is 17.8. The molecule has 0 spiro atoms. The molecule has 0 unspecified atom stereocenters. The quantitative estimate of drug-likeness (QED) is 0.151.